The monoisotopic (exact) mass is 392 g/mol. The van der Waals surface area contributed by atoms with Gasteiger partial charge in [-0.05, 0) is 36.2 Å². The van der Waals surface area contributed by atoms with Gasteiger partial charge in [-0.2, -0.15) is 0 Å². The Labute approximate surface area is 160 Å². The van der Waals surface area contributed by atoms with Crippen molar-refractivity contribution in [1.82, 2.24) is 0 Å². The number of carbonyl (C=O) groups excluding carboxylic acids is 2. The van der Waals surface area contributed by atoms with Crippen LogP contribution in [0.4, 0.5) is 11.4 Å². The van der Waals surface area contributed by atoms with Crippen LogP contribution in [0, 0.1) is 10.1 Å². The van der Waals surface area contributed by atoms with Crippen molar-refractivity contribution < 1.29 is 24.0 Å². The van der Waals surface area contributed by atoms with E-state index in [1.165, 1.54) is 18.2 Å². The maximum absolute atomic E-state index is 11.9. The van der Waals surface area contributed by atoms with Crippen LogP contribution < -0.4 is 10.1 Å². The average molecular weight is 393 g/mol. The molecule has 0 fully saturated rings. The summed E-state index contributed by atoms with van der Waals surface area (Å²) in [7, 11) is 0. The molecule has 0 atom stereocenters. The molecule has 1 amide bonds. The fraction of sp³-hybridized carbons (Fsp3) is 0.222. The zero-order valence-corrected chi connectivity index (χ0v) is 15.2. The Kier molecular flexibility index (Phi) is 7.13. The number of nitrogens with zero attached hydrogens (tertiary/aromatic N) is 1. The van der Waals surface area contributed by atoms with E-state index in [4.69, 9.17) is 21.1 Å². The molecule has 0 aliphatic heterocycles. The van der Waals surface area contributed by atoms with E-state index in [0.29, 0.717) is 5.75 Å². The molecule has 0 aliphatic rings. The molecule has 1 N–H and O–H groups in total. The molecule has 9 heteroatoms. The summed E-state index contributed by atoms with van der Waals surface area (Å²) in [5.74, 6) is -0.977. The predicted octanol–water partition coefficient (Wildman–Crippen LogP) is 3.37. The summed E-state index contributed by atoms with van der Waals surface area (Å²) >= 11 is 5.78. The highest BCUT2D eigenvalue weighted by atomic mass is 35.5. The van der Waals surface area contributed by atoms with E-state index in [2.05, 4.69) is 5.32 Å². The first kappa shape index (κ1) is 20.2. The number of nitro benzene ring substituents is 1. The highest BCUT2D eigenvalue weighted by Crippen LogP contribution is 2.27. The van der Waals surface area contributed by atoms with Crippen molar-refractivity contribution in [3.8, 4) is 5.75 Å². The molecule has 142 valence electrons. The molecule has 0 radical (unpaired) electrons. The third-order valence-corrected chi connectivity index (χ3v) is 3.72. The zero-order valence-electron chi connectivity index (χ0n) is 14.4. The topological polar surface area (TPSA) is 108 Å². The summed E-state index contributed by atoms with van der Waals surface area (Å²) in [4.78, 5) is 33.8. The fourth-order valence-corrected chi connectivity index (χ4v) is 2.28. The Hall–Kier alpha value is -3.13. The van der Waals surface area contributed by atoms with Crippen LogP contribution in [0.1, 0.15) is 12.5 Å². The number of anilines is 1. The van der Waals surface area contributed by atoms with Crippen molar-refractivity contribution in [2.45, 2.75) is 13.3 Å². The maximum Gasteiger partial charge on any atom is 0.344 e. The normalized spacial score (nSPS) is 10.1. The number of benzene rings is 2. The number of carbonyl (C=O) groups is 2. The summed E-state index contributed by atoms with van der Waals surface area (Å²) in [5, 5.41) is 13.5. The Morgan fingerprint density at radius 3 is 2.48 bits per heavy atom. The predicted molar refractivity (Wildman–Crippen MR) is 99.0 cm³/mol. The van der Waals surface area contributed by atoms with Crippen molar-refractivity contribution >= 4 is 34.9 Å². The van der Waals surface area contributed by atoms with Crippen molar-refractivity contribution in [2.24, 2.45) is 0 Å². The van der Waals surface area contributed by atoms with Crippen LogP contribution in [-0.4, -0.2) is 30.0 Å². The van der Waals surface area contributed by atoms with Gasteiger partial charge in [0.25, 0.3) is 11.6 Å². The Morgan fingerprint density at radius 2 is 1.85 bits per heavy atom. The molecule has 2 rings (SSSR count). The fourth-order valence-electron chi connectivity index (χ4n) is 2.11. The number of hydrogen-bond acceptors (Lipinski definition) is 6. The van der Waals surface area contributed by atoms with Gasteiger partial charge >= 0.3 is 5.97 Å². The minimum atomic E-state index is -0.745. The van der Waals surface area contributed by atoms with E-state index in [9.17, 15) is 19.7 Å². The van der Waals surface area contributed by atoms with E-state index in [1.807, 2.05) is 19.1 Å². The Balaban J connectivity index is 1.82. The van der Waals surface area contributed by atoms with Gasteiger partial charge in [-0.15, -0.1) is 0 Å². The Bertz CT molecular complexity index is 838. The summed E-state index contributed by atoms with van der Waals surface area (Å²) in [5.41, 5.74) is 0.732. The molecule has 8 nitrogen and oxygen atoms in total. The molecule has 0 saturated heterocycles. The molecule has 0 spiro atoms. The highest BCUT2D eigenvalue weighted by molar-refractivity contribution is 6.31. The Morgan fingerprint density at radius 1 is 1.15 bits per heavy atom. The van der Waals surface area contributed by atoms with E-state index < -0.39 is 23.4 Å². The SMILES string of the molecule is CCc1ccc(OCC(=O)OCC(=O)Nc2cc(Cl)ccc2[N+](=O)[O-])cc1. The number of rotatable bonds is 8. The summed E-state index contributed by atoms with van der Waals surface area (Å²) in [6, 6.07) is 11.0. The van der Waals surface area contributed by atoms with Gasteiger partial charge < -0.3 is 14.8 Å². The molecule has 0 aliphatic carbocycles. The molecule has 0 heterocycles. The van der Waals surface area contributed by atoms with Crippen LogP contribution in [0.3, 0.4) is 0 Å². The van der Waals surface area contributed by atoms with E-state index >= 15 is 0 Å². The summed E-state index contributed by atoms with van der Waals surface area (Å²) in [6.45, 7) is 1.05. The minimum absolute atomic E-state index is 0.0826. The van der Waals surface area contributed by atoms with Crippen LogP contribution in [0.5, 0.6) is 5.75 Å². The molecule has 0 bridgehead atoms. The molecule has 27 heavy (non-hydrogen) atoms. The van der Waals surface area contributed by atoms with Crippen LogP contribution in [-0.2, 0) is 20.7 Å². The van der Waals surface area contributed by atoms with Gasteiger partial charge in [-0.1, -0.05) is 30.7 Å². The number of esters is 1. The number of amides is 1. The number of nitrogens with one attached hydrogen (secondary N) is 1. The summed E-state index contributed by atoms with van der Waals surface area (Å²) in [6.07, 6.45) is 0.891. The second-order valence-corrected chi connectivity index (χ2v) is 5.85. The lowest BCUT2D eigenvalue weighted by Crippen LogP contribution is -2.24. The van der Waals surface area contributed by atoms with Crippen molar-refractivity contribution in [3.63, 3.8) is 0 Å². The lowest BCUT2D eigenvalue weighted by atomic mass is 10.2. The average Bonchev–Trinajstić information content (AvgIpc) is 2.65. The van der Waals surface area contributed by atoms with Gasteiger partial charge in [0.05, 0.1) is 4.92 Å². The first-order valence-electron chi connectivity index (χ1n) is 8.00. The first-order chi connectivity index (χ1) is 12.9. The van der Waals surface area contributed by atoms with E-state index in [0.717, 1.165) is 12.0 Å². The number of halogens is 1. The first-order valence-corrected chi connectivity index (χ1v) is 8.38. The third-order valence-electron chi connectivity index (χ3n) is 3.48. The van der Waals surface area contributed by atoms with Crippen LogP contribution >= 0.6 is 11.6 Å². The number of hydrogen-bond donors (Lipinski definition) is 1. The van der Waals surface area contributed by atoms with E-state index in [1.54, 1.807) is 12.1 Å². The second kappa shape index (κ2) is 9.54. The highest BCUT2D eigenvalue weighted by Gasteiger charge is 2.17. The number of aryl methyl sites for hydroxylation is 1. The van der Waals surface area contributed by atoms with Crippen LogP contribution in [0.2, 0.25) is 5.02 Å². The van der Waals surface area contributed by atoms with Gasteiger partial charge in [0.1, 0.15) is 11.4 Å². The zero-order chi connectivity index (χ0) is 19.8. The van der Waals surface area contributed by atoms with Crippen molar-refractivity contribution in [1.29, 1.82) is 0 Å². The molecule has 2 aromatic carbocycles. The second-order valence-electron chi connectivity index (χ2n) is 5.41. The number of ether oxygens (including phenoxy) is 2. The molecule has 2 aromatic rings. The third kappa shape index (κ3) is 6.27. The lowest BCUT2D eigenvalue weighted by molar-refractivity contribution is -0.383. The standard InChI is InChI=1S/C18H17ClN2O6/c1-2-12-3-6-14(7-4-12)26-11-18(23)27-10-17(22)20-15-9-13(19)5-8-16(15)21(24)25/h3-9H,2,10-11H2,1H3,(H,20,22). The van der Waals surface area contributed by atoms with Gasteiger partial charge in [-0.25, -0.2) is 4.79 Å². The minimum Gasteiger partial charge on any atom is -0.482 e. The molecule has 0 aromatic heterocycles. The molecular weight excluding hydrogens is 376 g/mol. The van der Waals surface area contributed by atoms with Crippen LogP contribution in [0.25, 0.3) is 0 Å². The van der Waals surface area contributed by atoms with E-state index in [-0.39, 0.29) is 23.0 Å². The van der Waals surface area contributed by atoms with Crippen molar-refractivity contribution in [3.05, 3.63) is 63.2 Å². The molecule has 0 saturated carbocycles. The van der Waals surface area contributed by atoms with Gasteiger partial charge in [0.15, 0.2) is 13.2 Å². The van der Waals surface area contributed by atoms with Gasteiger partial charge in [0.2, 0.25) is 0 Å². The summed E-state index contributed by atoms with van der Waals surface area (Å²) < 4.78 is 10.1. The van der Waals surface area contributed by atoms with Gasteiger partial charge in [0, 0.05) is 11.1 Å². The van der Waals surface area contributed by atoms with Crippen LogP contribution in [0.15, 0.2) is 42.5 Å². The quantitative estimate of drug-likeness (QED) is 0.419. The molecule has 0 unspecified atom stereocenters. The van der Waals surface area contributed by atoms with Gasteiger partial charge in [-0.3, -0.25) is 14.9 Å². The molecular formula is C18H17ClN2O6. The van der Waals surface area contributed by atoms with Crippen molar-refractivity contribution in [2.75, 3.05) is 18.5 Å². The smallest absolute Gasteiger partial charge is 0.344 e. The maximum atomic E-state index is 11.9. The number of nitro groups is 1. The lowest BCUT2D eigenvalue weighted by Gasteiger charge is -2.09. The largest absolute Gasteiger partial charge is 0.482 e.